The number of hydrogen-bond acceptors (Lipinski definition) is 4. The lowest BCUT2D eigenvalue weighted by Crippen LogP contribution is -2.61. The number of aromatic nitrogens is 1. The average molecular weight is 264 g/mol. The highest BCUT2D eigenvalue weighted by Gasteiger charge is 2.41. The summed E-state index contributed by atoms with van der Waals surface area (Å²) in [6.45, 7) is 1.65. The minimum atomic E-state index is -0.604. The number of β-lactam (4-membered cyclic amide) rings is 1. The number of carbonyl (C=O) groups excluding carboxylic acids is 1. The van der Waals surface area contributed by atoms with Crippen LogP contribution in [0, 0.1) is 5.92 Å². The van der Waals surface area contributed by atoms with E-state index in [-0.39, 0.29) is 17.9 Å². The summed E-state index contributed by atoms with van der Waals surface area (Å²) in [7, 11) is 0. The van der Waals surface area contributed by atoms with Gasteiger partial charge in [-0.2, -0.15) is 0 Å². The molecule has 0 aromatic carbocycles. The van der Waals surface area contributed by atoms with Crippen molar-refractivity contribution in [3.8, 4) is 0 Å². The van der Waals surface area contributed by atoms with Gasteiger partial charge in [-0.15, -0.1) is 0 Å². The fraction of sp³-hybridized carbons (Fsp3) is 0.462. The standard InChI is InChI=1S/C13H16N2O2S/c1-8(16)12-10(15-13(12)17)5-6-11(18)9-4-2-3-7-14-9/h2-4,7-8,10,12,16H,5-6H2,1H3,(H,15,17)/t8-,10+,12-/m1/s1. The van der Waals surface area contributed by atoms with E-state index in [1.54, 1.807) is 13.1 Å². The second-order valence-corrected chi connectivity index (χ2v) is 5.05. The van der Waals surface area contributed by atoms with Gasteiger partial charge in [-0.25, -0.2) is 0 Å². The predicted molar refractivity (Wildman–Crippen MR) is 72.3 cm³/mol. The molecule has 1 aliphatic heterocycles. The summed E-state index contributed by atoms with van der Waals surface area (Å²) >= 11 is 5.31. The first kappa shape index (κ1) is 13.1. The van der Waals surface area contributed by atoms with Crippen LogP contribution < -0.4 is 5.32 Å². The molecule has 1 aliphatic rings. The number of thiocarbonyl (C=S) groups is 1. The van der Waals surface area contributed by atoms with Crippen LogP contribution in [0.4, 0.5) is 0 Å². The Bertz CT molecular complexity index is 448. The quantitative estimate of drug-likeness (QED) is 0.474. The molecule has 5 heteroatoms. The third-order valence-electron chi connectivity index (χ3n) is 3.22. The van der Waals surface area contributed by atoms with E-state index in [2.05, 4.69) is 10.3 Å². The molecular formula is C13H16N2O2S. The monoisotopic (exact) mass is 264 g/mol. The van der Waals surface area contributed by atoms with Gasteiger partial charge in [0.05, 0.1) is 17.7 Å². The molecule has 3 atom stereocenters. The van der Waals surface area contributed by atoms with Crippen LogP contribution in [-0.2, 0) is 4.79 Å². The molecule has 0 bridgehead atoms. The zero-order valence-electron chi connectivity index (χ0n) is 10.2. The van der Waals surface area contributed by atoms with Gasteiger partial charge >= 0.3 is 0 Å². The van der Waals surface area contributed by atoms with Gasteiger partial charge in [0.2, 0.25) is 5.91 Å². The Morgan fingerprint density at radius 1 is 1.61 bits per heavy atom. The summed E-state index contributed by atoms with van der Waals surface area (Å²) in [6.07, 6.45) is 2.55. The minimum Gasteiger partial charge on any atom is -0.393 e. The molecule has 0 radical (unpaired) electrons. The topological polar surface area (TPSA) is 62.2 Å². The number of nitrogens with zero attached hydrogens (tertiary/aromatic N) is 1. The van der Waals surface area contributed by atoms with Gasteiger partial charge in [0.25, 0.3) is 0 Å². The lowest BCUT2D eigenvalue weighted by molar-refractivity contribution is -0.140. The van der Waals surface area contributed by atoms with E-state index in [1.165, 1.54) is 0 Å². The van der Waals surface area contributed by atoms with Crippen molar-refractivity contribution >= 4 is 23.0 Å². The Morgan fingerprint density at radius 2 is 2.39 bits per heavy atom. The number of carbonyl (C=O) groups is 1. The molecule has 2 heterocycles. The Balaban J connectivity index is 1.86. The third-order valence-corrected chi connectivity index (χ3v) is 3.63. The van der Waals surface area contributed by atoms with Crippen molar-refractivity contribution in [3.05, 3.63) is 30.1 Å². The van der Waals surface area contributed by atoms with Crippen LogP contribution in [0.15, 0.2) is 24.4 Å². The highest BCUT2D eigenvalue weighted by Crippen LogP contribution is 2.23. The fourth-order valence-electron chi connectivity index (χ4n) is 2.20. The number of hydrogen-bond donors (Lipinski definition) is 2. The van der Waals surface area contributed by atoms with Crippen molar-refractivity contribution in [1.82, 2.24) is 10.3 Å². The molecule has 4 nitrogen and oxygen atoms in total. The van der Waals surface area contributed by atoms with Crippen LogP contribution >= 0.6 is 12.2 Å². The molecule has 96 valence electrons. The van der Waals surface area contributed by atoms with Crippen LogP contribution in [0.5, 0.6) is 0 Å². The maximum atomic E-state index is 11.3. The van der Waals surface area contributed by atoms with E-state index in [9.17, 15) is 9.90 Å². The molecule has 18 heavy (non-hydrogen) atoms. The summed E-state index contributed by atoms with van der Waals surface area (Å²) in [5, 5.41) is 12.3. The summed E-state index contributed by atoms with van der Waals surface area (Å²) in [5.41, 5.74) is 0.812. The van der Waals surface area contributed by atoms with Crippen LogP contribution in [-0.4, -0.2) is 33.0 Å². The van der Waals surface area contributed by atoms with Crippen molar-refractivity contribution < 1.29 is 9.90 Å². The first-order valence-electron chi connectivity index (χ1n) is 6.02. The van der Waals surface area contributed by atoms with E-state index in [4.69, 9.17) is 12.2 Å². The smallest absolute Gasteiger partial charge is 0.228 e. The van der Waals surface area contributed by atoms with Crippen molar-refractivity contribution in [2.45, 2.75) is 31.9 Å². The molecule has 0 saturated carbocycles. The summed E-state index contributed by atoms with van der Waals surface area (Å²) < 4.78 is 0. The number of aliphatic hydroxyl groups is 1. The molecule has 2 rings (SSSR count). The summed E-state index contributed by atoms with van der Waals surface area (Å²) in [6, 6.07) is 5.66. The molecule has 1 aromatic rings. The SMILES string of the molecule is C[C@@H](O)[C@H]1C(=O)N[C@H]1CCC(=S)c1ccccn1. The fourth-order valence-corrected chi connectivity index (χ4v) is 2.44. The number of pyridine rings is 1. The van der Waals surface area contributed by atoms with Gasteiger partial charge in [0, 0.05) is 17.1 Å². The zero-order valence-corrected chi connectivity index (χ0v) is 11.0. The zero-order chi connectivity index (χ0) is 13.1. The third kappa shape index (κ3) is 2.73. The summed E-state index contributed by atoms with van der Waals surface area (Å²) in [4.78, 5) is 16.3. The van der Waals surface area contributed by atoms with Crippen LogP contribution in [0.3, 0.4) is 0 Å². The van der Waals surface area contributed by atoms with Gasteiger partial charge in [-0.05, 0) is 31.9 Å². The Kier molecular flexibility index (Phi) is 4.04. The first-order chi connectivity index (χ1) is 8.59. The van der Waals surface area contributed by atoms with E-state index in [1.807, 2.05) is 18.2 Å². The maximum Gasteiger partial charge on any atom is 0.228 e. The van der Waals surface area contributed by atoms with E-state index in [0.717, 1.165) is 17.0 Å². The molecule has 0 spiro atoms. The van der Waals surface area contributed by atoms with Crippen molar-refractivity contribution in [2.24, 2.45) is 5.92 Å². The van der Waals surface area contributed by atoms with Gasteiger partial charge in [0.1, 0.15) is 0 Å². The van der Waals surface area contributed by atoms with E-state index >= 15 is 0 Å². The van der Waals surface area contributed by atoms with Crippen molar-refractivity contribution in [2.75, 3.05) is 0 Å². The highest BCUT2D eigenvalue weighted by molar-refractivity contribution is 7.80. The Labute approximate surface area is 111 Å². The molecule has 0 unspecified atom stereocenters. The number of amides is 1. The molecule has 0 aliphatic carbocycles. The van der Waals surface area contributed by atoms with Gasteiger partial charge in [-0.3, -0.25) is 9.78 Å². The molecule has 1 aromatic heterocycles. The predicted octanol–water partition coefficient (Wildman–Crippen LogP) is 1.08. The molecular weight excluding hydrogens is 248 g/mol. The number of aliphatic hydroxyl groups excluding tert-OH is 1. The number of rotatable bonds is 5. The average Bonchev–Trinajstić information content (AvgIpc) is 2.34. The van der Waals surface area contributed by atoms with Crippen LogP contribution in [0.1, 0.15) is 25.5 Å². The van der Waals surface area contributed by atoms with Gasteiger partial charge in [-0.1, -0.05) is 18.3 Å². The lowest BCUT2D eigenvalue weighted by atomic mass is 9.83. The highest BCUT2D eigenvalue weighted by atomic mass is 32.1. The maximum absolute atomic E-state index is 11.3. The normalized spacial score (nSPS) is 24.0. The number of nitrogens with one attached hydrogen (secondary N) is 1. The van der Waals surface area contributed by atoms with E-state index < -0.39 is 6.10 Å². The second kappa shape index (κ2) is 5.54. The molecule has 1 saturated heterocycles. The van der Waals surface area contributed by atoms with Crippen molar-refractivity contribution in [3.63, 3.8) is 0 Å². The Hall–Kier alpha value is -1.33. The summed E-state index contributed by atoms with van der Waals surface area (Å²) in [5.74, 6) is -0.365. The minimum absolute atomic E-state index is 0.0270. The van der Waals surface area contributed by atoms with Crippen LogP contribution in [0.2, 0.25) is 0 Å². The van der Waals surface area contributed by atoms with Crippen molar-refractivity contribution in [1.29, 1.82) is 0 Å². The lowest BCUT2D eigenvalue weighted by Gasteiger charge is -2.38. The van der Waals surface area contributed by atoms with Gasteiger partial charge < -0.3 is 10.4 Å². The first-order valence-corrected chi connectivity index (χ1v) is 6.43. The molecule has 1 amide bonds. The Morgan fingerprint density at radius 3 is 2.94 bits per heavy atom. The molecule has 2 N–H and O–H groups in total. The van der Waals surface area contributed by atoms with Crippen LogP contribution in [0.25, 0.3) is 0 Å². The van der Waals surface area contributed by atoms with E-state index in [0.29, 0.717) is 6.42 Å². The largest absolute Gasteiger partial charge is 0.393 e. The molecule has 1 fully saturated rings. The van der Waals surface area contributed by atoms with Gasteiger partial charge in [0.15, 0.2) is 0 Å². The second-order valence-electron chi connectivity index (χ2n) is 4.56.